The maximum atomic E-state index is 6.52. The lowest BCUT2D eigenvalue weighted by Crippen LogP contribution is -2.41. The minimum Gasteiger partial charge on any atom is -0.399 e. The fourth-order valence-corrected chi connectivity index (χ4v) is 8.12. The van der Waals surface area contributed by atoms with Gasteiger partial charge >= 0.3 is 7.12 Å². The van der Waals surface area contributed by atoms with Crippen LogP contribution in [0.5, 0.6) is 0 Å². The number of unbranched alkanes of at least 4 members (excludes halogenated alkanes) is 2. The van der Waals surface area contributed by atoms with Gasteiger partial charge in [0.15, 0.2) is 0 Å². The summed E-state index contributed by atoms with van der Waals surface area (Å²) in [5.41, 5.74) is 16.1. The van der Waals surface area contributed by atoms with E-state index in [4.69, 9.17) is 9.31 Å². The van der Waals surface area contributed by atoms with Crippen molar-refractivity contribution in [2.75, 3.05) is 0 Å². The van der Waals surface area contributed by atoms with Crippen molar-refractivity contribution in [3.05, 3.63) is 130 Å². The molecule has 4 aromatic rings. The molecule has 2 nitrogen and oxygen atoms in total. The van der Waals surface area contributed by atoms with Gasteiger partial charge in [-0.1, -0.05) is 111 Å². The van der Waals surface area contributed by atoms with Crippen LogP contribution in [0.15, 0.2) is 96.6 Å². The first-order valence-corrected chi connectivity index (χ1v) is 16.7. The first-order chi connectivity index (χ1) is 21.5. The minimum absolute atomic E-state index is 0.329. The van der Waals surface area contributed by atoms with Gasteiger partial charge in [-0.25, -0.2) is 0 Å². The number of rotatable bonds is 6. The molecule has 7 rings (SSSR count). The molecule has 1 unspecified atom stereocenters. The van der Waals surface area contributed by atoms with Gasteiger partial charge in [0.1, 0.15) is 0 Å². The van der Waals surface area contributed by atoms with Crippen LogP contribution in [0.1, 0.15) is 94.2 Å². The quantitative estimate of drug-likeness (QED) is 0.164. The molecular formula is C42H45BO2. The van der Waals surface area contributed by atoms with E-state index in [-0.39, 0.29) is 16.6 Å². The van der Waals surface area contributed by atoms with Crippen LogP contribution in [0.4, 0.5) is 0 Å². The van der Waals surface area contributed by atoms with E-state index in [1.165, 1.54) is 79.6 Å². The van der Waals surface area contributed by atoms with Crippen molar-refractivity contribution in [1.82, 2.24) is 0 Å². The number of hydrogen-bond acceptors (Lipinski definition) is 2. The number of fused-ring (bicyclic) bond motifs is 7. The second-order valence-electron chi connectivity index (χ2n) is 14.2. The summed E-state index contributed by atoms with van der Waals surface area (Å²) in [5.74, 6) is 0. The predicted octanol–water partition coefficient (Wildman–Crippen LogP) is 10.1. The van der Waals surface area contributed by atoms with E-state index < -0.39 is 7.12 Å². The van der Waals surface area contributed by atoms with E-state index in [9.17, 15) is 0 Å². The van der Waals surface area contributed by atoms with Crippen LogP contribution in [0, 0.1) is 13.8 Å². The summed E-state index contributed by atoms with van der Waals surface area (Å²) < 4.78 is 13.0. The van der Waals surface area contributed by atoms with E-state index in [0.29, 0.717) is 0 Å². The lowest BCUT2D eigenvalue weighted by molar-refractivity contribution is 0.00578. The van der Waals surface area contributed by atoms with Crippen LogP contribution in [0.3, 0.4) is 0 Å². The van der Waals surface area contributed by atoms with Crippen molar-refractivity contribution in [1.29, 1.82) is 0 Å². The summed E-state index contributed by atoms with van der Waals surface area (Å²) in [7, 11) is -0.394. The van der Waals surface area contributed by atoms with Gasteiger partial charge in [-0.2, -0.15) is 0 Å². The van der Waals surface area contributed by atoms with Gasteiger partial charge < -0.3 is 9.31 Å². The molecule has 1 fully saturated rings. The van der Waals surface area contributed by atoms with E-state index in [2.05, 4.69) is 146 Å². The summed E-state index contributed by atoms with van der Waals surface area (Å²) in [5, 5.41) is 0. The molecule has 3 aliphatic rings. The summed E-state index contributed by atoms with van der Waals surface area (Å²) in [6.07, 6.45) is 8.32. The molecule has 1 heterocycles. The molecule has 3 heteroatoms. The second-order valence-corrected chi connectivity index (χ2v) is 14.2. The van der Waals surface area contributed by atoms with Gasteiger partial charge in [-0.05, 0) is 127 Å². The Morgan fingerprint density at radius 3 is 1.91 bits per heavy atom. The normalized spacial score (nSPS) is 20.8. The Hall–Kier alpha value is -3.66. The highest BCUT2D eigenvalue weighted by molar-refractivity contribution is 6.62. The smallest absolute Gasteiger partial charge is 0.399 e. The Morgan fingerprint density at radius 2 is 1.22 bits per heavy atom. The zero-order valence-corrected chi connectivity index (χ0v) is 28.2. The summed E-state index contributed by atoms with van der Waals surface area (Å²) >= 11 is 0. The van der Waals surface area contributed by atoms with Gasteiger partial charge in [-0.15, -0.1) is 0 Å². The Labute approximate surface area is 270 Å². The van der Waals surface area contributed by atoms with Crippen LogP contribution in [-0.2, 0) is 14.7 Å². The van der Waals surface area contributed by atoms with E-state index >= 15 is 0 Å². The monoisotopic (exact) mass is 592 g/mol. The molecule has 228 valence electrons. The predicted molar refractivity (Wildman–Crippen MR) is 190 cm³/mol. The standard InChI is InChI=1S/C42H45BO2/c1-9-10-11-12-18-32-29(4)42(36-22-15-13-19-33(32)36)37-23-16-14-20-34(37)35-26-25-31(28(3)39(35)42)30-21-17-24-38(27(30)2)43-44-40(5,6)41(7,8)45-43/h12-26H,9-11H2,1-8H3/b18-12-. The highest BCUT2D eigenvalue weighted by Gasteiger charge is 2.53. The highest BCUT2D eigenvalue weighted by atomic mass is 16.7. The first-order valence-electron chi connectivity index (χ1n) is 16.7. The summed E-state index contributed by atoms with van der Waals surface area (Å²) in [6.45, 7) is 17.7. The summed E-state index contributed by atoms with van der Waals surface area (Å²) in [6, 6.07) is 29.5. The SMILES string of the molecule is CCCC/C=C\C1=C(C)C2(c3ccccc31)c1ccccc1-c1ccc(-c3cccc(B4OC(C)(C)C(C)(C)O4)c3C)c(C)c12. The van der Waals surface area contributed by atoms with E-state index in [1.54, 1.807) is 0 Å². The molecule has 1 atom stereocenters. The van der Waals surface area contributed by atoms with Crippen LogP contribution < -0.4 is 5.46 Å². The Morgan fingerprint density at radius 1 is 0.644 bits per heavy atom. The fourth-order valence-electron chi connectivity index (χ4n) is 8.12. The van der Waals surface area contributed by atoms with Crippen LogP contribution in [0.2, 0.25) is 0 Å². The van der Waals surface area contributed by atoms with Crippen molar-refractivity contribution in [2.45, 2.75) is 91.3 Å². The van der Waals surface area contributed by atoms with Crippen LogP contribution >= 0.6 is 0 Å². The Bertz CT molecular complexity index is 1870. The Kier molecular flexibility index (Phi) is 7.15. The number of benzene rings is 4. The minimum atomic E-state index is -0.394. The molecule has 1 spiro atoms. The van der Waals surface area contributed by atoms with Gasteiger partial charge in [-0.3, -0.25) is 0 Å². The van der Waals surface area contributed by atoms with Crippen LogP contribution in [-0.4, -0.2) is 18.3 Å². The van der Waals surface area contributed by atoms with E-state index in [0.717, 1.165) is 11.9 Å². The third-order valence-corrected chi connectivity index (χ3v) is 11.2. The number of hydrogen-bond donors (Lipinski definition) is 0. The molecule has 1 saturated heterocycles. The lowest BCUT2D eigenvalue weighted by Gasteiger charge is -2.33. The zero-order valence-electron chi connectivity index (χ0n) is 28.2. The van der Waals surface area contributed by atoms with Gasteiger partial charge in [0, 0.05) is 0 Å². The molecular weight excluding hydrogens is 547 g/mol. The topological polar surface area (TPSA) is 18.5 Å². The molecule has 0 radical (unpaired) electrons. The van der Waals surface area contributed by atoms with Crippen molar-refractivity contribution in [3.8, 4) is 22.3 Å². The van der Waals surface area contributed by atoms with Crippen molar-refractivity contribution >= 4 is 18.2 Å². The average Bonchev–Trinajstić information content (AvgIpc) is 3.54. The first kappa shape index (κ1) is 30.0. The second kappa shape index (κ2) is 10.7. The third kappa shape index (κ3) is 4.24. The van der Waals surface area contributed by atoms with Crippen molar-refractivity contribution in [2.24, 2.45) is 0 Å². The Balaban J connectivity index is 1.45. The zero-order chi connectivity index (χ0) is 31.7. The van der Waals surface area contributed by atoms with Gasteiger partial charge in [0.2, 0.25) is 0 Å². The van der Waals surface area contributed by atoms with Gasteiger partial charge in [0.25, 0.3) is 0 Å². The number of allylic oxidation sites excluding steroid dienone is 4. The molecule has 2 aliphatic carbocycles. The molecule has 1 aliphatic heterocycles. The highest BCUT2D eigenvalue weighted by Crippen LogP contribution is 2.63. The lowest BCUT2D eigenvalue weighted by atomic mass is 9.68. The van der Waals surface area contributed by atoms with Gasteiger partial charge in [0.05, 0.1) is 16.6 Å². The maximum Gasteiger partial charge on any atom is 0.495 e. The largest absolute Gasteiger partial charge is 0.495 e. The van der Waals surface area contributed by atoms with Crippen molar-refractivity contribution < 1.29 is 9.31 Å². The molecule has 0 amide bonds. The van der Waals surface area contributed by atoms with Crippen molar-refractivity contribution in [3.63, 3.8) is 0 Å². The summed E-state index contributed by atoms with van der Waals surface area (Å²) in [4.78, 5) is 0. The maximum absolute atomic E-state index is 6.52. The molecule has 0 aromatic heterocycles. The molecule has 0 N–H and O–H groups in total. The molecule has 0 bridgehead atoms. The molecule has 4 aromatic carbocycles. The molecule has 45 heavy (non-hydrogen) atoms. The van der Waals surface area contributed by atoms with E-state index in [1.807, 2.05) is 0 Å². The average molecular weight is 593 g/mol. The fraction of sp³-hybridized carbons (Fsp3) is 0.333. The molecule has 0 saturated carbocycles. The third-order valence-electron chi connectivity index (χ3n) is 11.2. The van der Waals surface area contributed by atoms with Crippen LogP contribution in [0.25, 0.3) is 27.8 Å².